The van der Waals surface area contributed by atoms with Crippen molar-refractivity contribution in [3.63, 3.8) is 0 Å². The number of rotatable bonds is 5. The minimum atomic E-state index is -2.97. The first-order valence-electron chi connectivity index (χ1n) is 9.40. The third-order valence-corrected chi connectivity index (χ3v) is 7.63. The van der Waals surface area contributed by atoms with E-state index in [9.17, 15) is 13.2 Å². The third-order valence-electron chi connectivity index (χ3n) is 5.88. The highest BCUT2D eigenvalue weighted by Crippen LogP contribution is 2.29. The van der Waals surface area contributed by atoms with E-state index < -0.39 is 9.84 Å². The molecule has 146 valence electrons. The molecule has 1 amide bonds. The Hall–Kier alpha value is -0.370. The zero-order chi connectivity index (χ0) is 17.2. The molecule has 0 spiro atoms. The van der Waals surface area contributed by atoms with Crippen LogP contribution in [0.4, 0.5) is 0 Å². The highest BCUT2D eigenvalue weighted by atomic mass is 35.5. The Morgan fingerprint density at radius 3 is 2.44 bits per heavy atom. The summed E-state index contributed by atoms with van der Waals surface area (Å²) in [5.41, 5.74) is 0. The van der Waals surface area contributed by atoms with Crippen LogP contribution in [0.3, 0.4) is 0 Å². The van der Waals surface area contributed by atoms with Crippen molar-refractivity contribution in [2.75, 3.05) is 38.2 Å². The smallest absolute Gasteiger partial charge is 0.237 e. The molecule has 0 aromatic heterocycles. The van der Waals surface area contributed by atoms with Gasteiger partial charge < -0.3 is 10.2 Å². The van der Waals surface area contributed by atoms with E-state index in [1.54, 1.807) is 0 Å². The molecule has 6 nitrogen and oxygen atoms in total. The molecule has 2 saturated heterocycles. The minimum absolute atomic E-state index is 0. The van der Waals surface area contributed by atoms with Gasteiger partial charge in [0.1, 0.15) is 0 Å². The van der Waals surface area contributed by atoms with Crippen LogP contribution in [-0.2, 0) is 14.6 Å². The van der Waals surface area contributed by atoms with E-state index in [0.29, 0.717) is 19.0 Å². The molecule has 3 rings (SSSR count). The number of sulfone groups is 1. The fraction of sp³-hybridized carbons (Fsp3) is 0.941. The molecule has 8 heteroatoms. The lowest BCUT2D eigenvalue weighted by atomic mass is 10.1. The molecule has 2 atom stereocenters. The molecule has 25 heavy (non-hydrogen) atoms. The number of carbonyl (C=O) groups excluding carboxylic acids is 1. The van der Waals surface area contributed by atoms with E-state index in [1.165, 1.54) is 0 Å². The number of hydrogen-bond donors (Lipinski definition) is 1. The summed E-state index contributed by atoms with van der Waals surface area (Å²) in [6, 6.07) is 0.606. The van der Waals surface area contributed by atoms with Crippen LogP contribution in [0.1, 0.15) is 44.9 Å². The largest absolute Gasteiger partial charge is 0.335 e. The van der Waals surface area contributed by atoms with Crippen molar-refractivity contribution in [3.8, 4) is 0 Å². The molecule has 1 saturated carbocycles. The van der Waals surface area contributed by atoms with Gasteiger partial charge in [0.05, 0.1) is 18.1 Å². The van der Waals surface area contributed by atoms with E-state index in [2.05, 4.69) is 10.2 Å². The number of amides is 1. The third kappa shape index (κ3) is 5.31. The molecular weight excluding hydrogens is 362 g/mol. The zero-order valence-electron chi connectivity index (χ0n) is 15.2. The number of piperidine rings is 1. The van der Waals surface area contributed by atoms with E-state index in [4.69, 9.17) is 0 Å². The summed E-state index contributed by atoms with van der Waals surface area (Å²) in [7, 11) is -0.990. The number of likely N-dealkylation sites (tertiary alicyclic amines) is 1. The molecule has 0 radical (unpaired) electrons. The normalized spacial score (nSPS) is 30.1. The van der Waals surface area contributed by atoms with Gasteiger partial charge in [-0.05, 0) is 45.7 Å². The molecule has 1 N–H and O–H groups in total. The van der Waals surface area contributed by atoms with E-state index in [1.807, 2.05) is 11.9 Å². The molecule has 0 aromatic carbocycles. The van der Waals surface area contributed by atoms with Crippen molar-refractivity contribution in [2.24, 2.45) is 0 Å². The average molecular weight is 394 g/mol. The Morgan fingerprint density at radius 2 is 1.84 bits per heavy atom. The van der Waals surface area contributed by atoms with Gasteiger partial charge >= 0.3 is 0 Å². The first-order chi connectivity index (χ1) is 11.5. The summed E-state index contributed by atoms with van der Waals surface area (Å²) < 4.78 is 23.8. The van der Waals surface area contributed by atoms with Gasteiger partial charge in [-0.3, -0.25) is 9.69 Å². The Morgan fingerprint density at radius 1 is 1.12 bits per heavy atom. The van der Waals surface area contributed by atoms with Crippen LogP contribution >= 0.6 is 12.4 Å². The maximum absolute atomic E-state index is 13.1. The van der Waals surface area contributed by atoms with Gasteiger partial charge in [0.25, 0.3) is 0 Å². The number of nitrogens with one attached hydrogen (secondary N) is 1. The molecule has 0 aromatic rings. The second-order valence-electron chi connectivity index (χ2n) is 7.66. The summed E-state index contributed by atoms with van der Waals surface area (Å²) in [5, 5.41) is 3.31. The van der Waals surface area contributed by atoms with Crippen LogP contribution in [0.15, 0.2) is 0 Å². The van der Waals surface area contributed by atoms with Crippen molar-refractivity contribution in [1.29, 1.82) is 0 Å². The summed E-state index contributed by atoms with van der Waals surface area (Å²) >= 11 is 0. The van der Waals surface area contributed by atoms with Crippen molar-refractivity contribution >= 4 is 28.2 Å². The highest BCUT2D eigenvalue weighted by molar-refractivity contribution is 7.91. The van der Waals surface area contributed by atoms with E-state index >= 15 is 0 Å². The Balaban J connectivity index is 0.00000225. The summed E-state index contributed by atoms with van der Waals surface area (Å²) in [6.07, 6.45) is 7.25. The number of likely N-dealkylation sites (N-methyl/N-ethyl adjacent to an activating group) is 1. The second-order valence-corrected chi connectivity index (χ2v) is 9.89. The van der Waals surface area contributed by atoms with Crippen LogP contribution in [0.2, 0.25) is 0 Å². The standard InChI is InChI=1S/C17H31N3O3S.ClH/c1-18-14-5-4-9-19(11-14)12-17(21)20(15-6-2-3-7-15)16-8-10-24(22,23)13-16;/h14-16,18H,2-13H2,1H3;1H. The van der Waals surface area contributed by atoms with Gasteiger partial charge in [-0.2, -0.15) is 0 Å². The Kier molecular flexibility index (Phi) is 7.55. The summed E-state index contributed by atoms with van der Waals surface area (Å²) in [4.78, 5) is 17.3. The lowest BCUT2D eigenvalue weighted by Crippen LogP contribution is -2.53. The van der Waals surface area contributed by atoms with Gasteiger partial charge in [0, 0.05) is 24.7 Å². The van der Waals surface area contributed by atoms with Crippen molar-refractivity contribution in [1.82, 2.24) is 15.1 Å². The number of nitrogens with zero attached hydrogens (tertiary/aromatic N) is 2. The molecular formula is C17H32ClN3O3S. The molecule has 2 aliphatic heterocycles. The van der Waals surface area contributed by atoms with Crippen LogP contribution in [0.25, 0.3) is 0 Å². The summed E-state index contributed by atoms with van der Waals surface area (Å²) in [6.45, 7) is 2.31. The fourth-order valence-corrected chi connectivity index (χ4v) is 6.30. The van der Waals surface area contributed by atoms with Gasteiger partial charge in [-0.25, -0.2) is 8.42 Å². The van der Waals surface area contributed by atoms with Crippen molar-refractivity contribution in [3.05, 3.63) is 0 Å². The van der Waals surface area contributed by atoms with Crippen LogP contribution in [0.5, 0.6) is 0 Å². The first-order valence-corrected chi connectivity index (χ1v) is 11.2. The van der Waals surface area contributed by atoms with E-state index in [0.717, 1.165) is 51.6 Å². The summed E-state index contributed by atoms with van der Waals surface area (Å²) in [5.74, 6) is 0.537. The zero-order valence-corrected chi connectivity index (χ0v) is 16.8. The molecule has 3 aliphatic rings. The number of hydrogen-bond acceptors (Lipinski definition) is 5. The number of halogens is 1. The van der Waals surface area contributed by atoms with Crippen LogP contribution < -0.4 is 5.32 Å². The monoisotopic (exact) mass is 393 g/mol. The van der Waals surface area contributed by atoms with Crippen molar-refractivity contribution in [2.45, 2.75) is 63.1 Å². The molecule has 2 heterocycles. The Bertz CT molecular complexity index is 551. The predicted molar refractivity (Wildman–Crippen MR) is 102 cm³/mol. The Labute approximate surface area is 158 Å². The maximum atomic E-state index is 13.1. The van der Waals surface area contributed by atoms with Gasteiger partial charge in [0.2, 0.25) is 5.91 Å². The second kappa shape index (κ2) is 9.02. The fourth-order valence-electron chi connectivity index (χ4n) is 4.59. The maximum Gasteiger partial charge on any atom is 0.237 e. The lowest BCUT2D eigenvalue weighted by Gasteiger charge is -2.38. The molecule has 2 unspecified atom stereocenters. The van der Waals surface area contributed by atoms with Crippen LogP contribution in [0, 0.1) is 0 Å². The topological polar surface area (TPSA) is 69.7 Å². The number of carbonyl (C=O) groups is 1. The van der Waals surface area contributed by atoms with Gasteiger partial charge in [0.15, 0.2) is 9.84 Å². The quantitative estimate of drug-likeness (QED) is 0.756. The van der Waals surface area contributed by atoms with Gasteiger partial charge in [-0.15, -0.1) is 12.4 Å². The minimum Gasteiger partial charge on any atom is -0.335 e. The van der Waals surface area contributed by atoms with Gasteiger partial charge in [-0.1, -0.05) is 12.8 Å². The van der Waals surface area contributed by atoms with E-state index in [-0.39, 0.29) is 41.9 Å². The van der Waals surface area contributed by atoms with Crippen molar-refractivity contribution < 1.29 is 13.2 Å². The highest BCUT2D eigenvalue weighted by Gasteiger charge is 2.39. The molecule has 3 fully saturated rings. The van der Waals surface area contributed by atoms with Crippen LogP contribution in [-0.4, -0.2) is 80.4 Å². The predicted octanol–water partition coefficient (Wildman–Crippen LogP) is 1.05. The SMILES string of the molecule is CNC1CCCN(CC(=O)N(C2CCCC2)C2CCS(=O)(=O)C2)C1.Cl. The molecule has 0 bridgehead atoms. The first kappa shape index (κ1) is 20.9. The molecule has 1 aliphatic carbocycles. The average Bonchev–Trinajstić information content (AvgIpc) is 3.18. The lowest BCUT2D eigenvalue weighted by molar-refractivity contribution is -0.137.